The summed E-state index contributed by atoms with van der Waals surface area (Å²) >= 11 is 0. The highest BCUT2D eigenvalue weighted by atomic mass is 16.5. The van der Waals surface area contributed by atoms with Gasteiger partial charge in [-0.3, -0.25) is 4.79 Å². The number of rotatable bonds is 6. The van der Waals surface area contributed by atoms with Crippen molar-refractivity contribution in [3.63, 3.8) is 0 Å². The highest BCUT2D eigenvalue weighted by Crippen LogP contribution is 2.57. The van der Waals surface area contributed by atoms with E-state index >= 15 is 0 Å². The van der Waals surface area contributed by atoms with E-state index in [0.29, 0.717) is 12.1 Å². The van der Waals surface area contributed by atoms with Crippen molar-refractivity contribution >= 4 is 11.6 Å². The van der Waals surface area contributed by atoms with Crippen molar-refractivity contribution in [2.75, 3.05) is 25.5 Å². The van der Waals surface area contributed by atoms with Crippen LogP contribution in [0.4, 0.5) is 5.69 Å². The second-order valence-electron chi connectivity index (χ2n) is 9.18. The molecule has 0 spiro atoms. The summed E-state index contributed by atoms with van der Waals surface area (Å²) in [6.45, 7) is 2.68. The molecule has 142 valence electrons. The second-order valence-corrected chi connectivity index (χ2v) is 9.18. The molecule has 0 heterocycles. The van der Waals surface area contributed by atoms with E-state index in [4.69, 9.17) is 4.74 Å². The van der Waals surface area contributed by atoms with E-state index < -0.39 is 0 Å². The summed E-state index contributed by atoms with van der Waals surface area (Å²) in [7, 11) is 4.00. The molecule has 1 amide bonds. The SMILES string of the molecule is C[C@H](CNC(=O)c1ccc(N(C)C)cc1)OC12CC3CC(CC(C3)C1)C2. The van der Waals surface area contributed by atoms with Crippen LogP contribution in [0, 0.1) is 17.8 Å². The van der Waals surface area contributed by atoms with E-state index in [0.717, 1.165) is 23.4 Å². The molecular formula is C22H32N2O2. The van der Waals surface area contributed by atoms with Crippen molar-refractivity contribution < 1.29 is 9.53 Å². The van der Waals surface area contributed by atoms with Crippen LogP contribution >= 0.6 is 0 Å². The minimum Gasteiger partial charge on any atom is -0.378 e. The molecule has 0 radical (unpaired) electrons. The third kappa shape index (κ3) is 3.62. The van der Waals surface area contributed by atoms with Gasteiger partial charge in [0.2, 0.25) is 0 Å². The molecule has 4 saturated carbocycles. The molecule has 1 aromatic carbocycles. The Hall–Kier alpha value is -1.55. The number of hydrogen-bond acceptors (Lipinski definition) is 3. The second kappa shape index (κ2) is 6.88. The van der Waals surface area contributed by atoms with Crippen LogP contribution in [0.1, 0.15) is 55.8 Å². The van der Waals surface area contributed by atoms with Gasteiger partial charge in [-0.2, -0.15) is 0 Å². The quantitative estimate of drug-likeness (QED) is 0.842. The first-order valence-electron chi connectivity index (χ1n) is 10.2. The molecule has 4 nitrogen and oxygen atoms in total. The maximum Gasteiger partial charge on any atom is 0.251 e. The molecule has 1 aromatic rings. The largest absolute Gasteiger partial charge is 0.378 e. The van der Waals surface area contributed by atoms with Gasteiger partial charge in [-0.1, -0.05) is 0 Å². The Morgan fingerprint density at radius 1 is 1.12 bits per heavy atom. The third-order valence-electron chi connectivity index (χ3n) is 6.63. The summed E-state index contributed by atoms with van der Waals surface area (Å²) in [5, 5.41) is 3.05. The summed E-state index contributed by atoms with van der Waals surface area (Å²) in [5.41, 5.74) is 1.91. The first-order chi connectivity index (χ1) is 12.4. The van der Waals surface area contributed by atoms with Crippen LogP contribution in [0.2, 0.25) is 0 Å². The van der Waals surface area contributed by atoms with Gasteiger partial charge in [0, 0.05) is 31.9 Å². The van der Waals surface area contributed by atoms with Crippen molar-refractivity contribution in [2.24, 2.45) is 17.8 Å². The van der Waals surface area contributed by atoms with Crippen LogP contribution in [-0.2, 0) is 4.74 Å². The van der Waals surface area contributed by atoms with Crippen LogP contribution in [0.5, 0.6) is 0 Å². The molecule has 4 bridgehead atoms. The minimum absolute atomic E-state index is 0.0173. The fourth-order valence-corrected chi connectivity index (χ4v) is 5.89. The lowest BCUT2D eigenvalue weighted by atomic mass is 9.54. The number of nitrogens with one attached hydrogen (secondary N) is 1. The number of hydrogen-bond donors (Lipinski definition) is 1. The Labute approximate surface area is 157 Å². The lowest BCUT2D eigenvalue weighted by molar-refractivity contribution is -0.182. The highest BCUT2D eigenvalue weighted by molar-refractivity contribution is 5.94. The smallest absolute Gasteiger partial charge is 0.251 e. The standard InChI is InChI=1S/C22H32N2O2/c1-15(14-23-21(25)19-4-6-20(7-5-19)24(2)3)26-22-11-16-8-17(12-22)10-18(9-16)13-22/h4-7,15-18H,8-14H2,1-3H3,(H,23,25)/t15-,16?,17?,18?,22?/m1/s1. The van der Waals surface area contributed by atoms with Gasteiger partial charge in [0.25, 0.3) is 5.91 Å². The maximum absolute atomic E-state index is 12.4. The van der Waals surface area contributed by atoms with E-state index in [1.165, 1.54) is 38.5 Å². The van der Waals surface area contributed by atoms with Gasteiger partial charge < -0.3 is 15.0 Å². The molecule has 5 rings (SSSR count). The normalized spacial score (nSPS) is 33.1. The van der Waals surface area contributed by atoms with Gasteiger partial charge in [-0.15, -0.1) is 0 Å². The average molecular weight is 357 g/mol. The molecule has 26 heavy (non-hydrogen) atoms. The summed E-state index contributed by atoms with van der Waals surface area (Å²) in [5.74, 6) is 2.64. The monoisotopic (exact) mass is 356 g/mol. The molecule has 0 aliphatic heterocycles. The molecule has 4 aliphatic rings. The molecule has 0 saturated heterocycles. The van der Waals surface area contributed by atoms with Gasteiger partial charge in [0.1, 0.15) is 0 Å². The summed E-state index contributed by atoms with van der Waals surface area (Å²) < 4.78 is 6.57. The highest BCUT2D eigenvalue weighted by Gasteiger charge is 2.52. The molecule has 4 fully saturated rings. The van der Waals surface area contributed by atoms with Crippen molar-refractivity contribution in [1.29, 1.82) is 0 Å². The Kier molecular flexibility index (Phi) is 4.72. The van der Waals surface area contributed by atoms with Crippen LogP contribution in [-0.4, -0.2) is 38.3 Å². The van der Waals surface area contributed by atoms with Gasteiger partial charge >= 0.3 is 0 Å². The van der Waals surface area contributed by atoms with Crippen molar-refractivity contribution in [3.8, 4) is 0 Å². The lowest BCUT2D eigenvalue weighted by Crippen LogP contribution is -2.53. The maximum atomic E-state index is 12.4. The molecule has 0 aromatic heterocycles. The Morgan fingerprint density at radius 3 is 2.15 bits per heavy atom. The fourth-order valence-electron chi connectivity index (χ4n) is 5.89. The van der Waals surface area contributed by atoms with E-state index in [1.807, 2.05) is 43.3 Å². The average Bonchev–Trinajstić information content (AvgIpc) is 2.58. The number of carbonyl (C=O) groups is 1. The zero-order valence-corrected chi connectivity index (χ0v) is 16.3. The number of carbonyl (C=O) groups excluding carboxylic acids is 1. The number of anilines is 1. The fraction of sp³-hybridized carbons (Fsp3) is 0.682. The van der Waals surface area contributed by atoms with Crippen LogP contribution < -0.4 is 10.2 Å². The van der Waals surface area contributed by atoms with E-state index in [-0.39, 0.29) is 17.6 Å². The molecule has 1 N–H and O–H groups in total. The summed E-state index contributed by atoms with van der Waals surface area (Å²) in [4.78, 5) is 14.4. The van der Waals surface area contributed by atoms with Crippen LogP contribution in [0.25, 0.3) is 0 Å². The van der Waals surface area contributed by atoms with Gasteiger partial charge in [-0.05, 0) is 87.5 Å². The molecular weight excluding hydrogens is 324 g/mol. The number of amides is 1. The Bertz CT molecular complexity index is 617. The third-order valence-corrected chi connectivity index (χ3v) is 6.63. The predicted molar refractivity (Wildman–Crippen MR) is 105 cm³/mol. The van der Waals surface area contributed by atoms with Crippen LogP contribution in [0.15, 0.2) is 24.3 Å². The number of ether oxygens (including phenoxy) is 1. The molecule has 4 heteroatoms. The van der Waals surface area contributed by atoms with Crippen molar-refractivity contribution in [3.05, 3.63) is 29.8 Å². The molecule has 1 atom stereocenters. The van der Waals surface area contributed by atoms with Gasteiger partial charge in [0.05, 0.1) is 11.7 Å². The summed E-state index contributed by atoms with van der Waals surface area (Å²) in [6.07, 6.45) is 8.07. The summed E-state index contributed by atoms with van der Waals surface area (Å²) in [6, 6.07) is 7.72. The minimum atomic E-state index is -0.0173. The van der Waals surface area contributed by atoms with Crippen molar-refractivity contribution in [2.45, 2.75) is 57.2 Å². The Morgan fingerprint density at radius 2 is 1.65 bits per heavy atom. The van der Waals surface area contributed by atoms with E-state index in [2.05, 4.69) is 12.2 Å². The van der Waals surface area contributed by atoms with Crippen molar-refractivity contribution in [1.82, 2.24) is 5.32 Å². The predicted octanol–water partition coefficient (Wildman–Crippen LogP) is 3.86. The zero-order chi connectivity index (χ0) is 18.3. The van der Waals surface area contributed by atoms with E-state index in [9.17, 15) is 4.79 Å². The van der Waals surface area contributed by atoms with Gasteiger partial charge in [-0.25, -0.2) is 0 Å². The molecule has 0 unspecified atom stereocenters. The first-order valence-corrected chi connectivity index (χ1v) is 10.2. The zero-order valence-electron chi connectivity index (χ0n) is 16.3. The van der Waals surface area contributed by atoms with E-state index in [1.54, 1.807) is 0 Å². The Balaban J connectivity index is 1.30. The lowest BCUT2D eigenvalue weighted by Gasteiger charge is -2.57. The first kappa shape index (κ1) is 17.8. The number of benzene rings is 1. The number of nitrogens with zero attached hydrogens (tertiary/aromatic N) is 1. The topological polar surface area (TPSA) is 41.6 Å². The van der Waals surface area contributed by atoms with Crippen LogP contribution in [0.3, 0.4) is 0 Å². The van der Waals surface area contributed by atoms with Gasteiger partial charge in [0.15, 0.2) is 0 Å². The molecule has 4 aliphatic carbocycles.